The summed E-state index contributed by atoms with van der Waals surface area (Å²) in [6.45, 7) is 2.36. The minimum absolute atomic E-state index is 0.163. The zero-order valence-electron chi connectivity index (χ0n) is 13.9. The molecule has 1 amide bonds. The van der Waals surface area contributed by atoms with Crippen molar-refractivity contribution in [2.45, 2.75) is 19.5 Å². The van der Waals surface area contributed by atoms with Crippen LogP contribution >= 0.6 is 11.6 Å². The van der Waals surface area contributed by atoms with Crippen LogP contribution in [0.1, 0.15) is 12.5 Å². The van der Waals surface area contributed by atoms with Crippen LogP contribution in [-0.4, -0.2) is 26.1 Å². The normalized spacial score (nSPS) is 13.2. The largest absolute Gasteiger partial charge is 0.495 e. The predicted molar refractivity (Wildman–Crippen MR) is 93.1 cm³/mol. The van der Waals surface area contributed by atoms with Gasteiger partial charge in [-0.15, -0.1) is 0 Å². The molecular formula is C18H21ClFN2O2+. The van der Waals surface area contributed by atoms with Crippen molar-refractivity contribution in [1.29, 1.82) is 0 Å². The number of nitrogens with one attached hydrogen (secondary N) is 2. The number of methoxy groups -OCH3 is 1. The van der Waals surface area contributed by atoms with E-state index >= 15 is 0 Å². The number of carbonyl (C=O) groups is 1. The number of anilines is 1. The fourth-order valence-electron chi connectivity index (χ4n) is 2.36. The van der Waals surface area contributed by atoms with E-state index in [1.165, 1.54) is 19.2 Å². The van der Waals surface area contributed by atoms with Crippen LogP contribution in [0.5, 0.6) is 5.75 Å². The van der Waals surface area contributed by atoms with E-state index < -0.39 is 0 Å². The van der Waals surface area contributed by atoms with Gasteiger partial charge in [0.05, 0.1) is 19.8 Å². The van der Waals surface area contributed by atoms with E-state index in [0.29, 0.717) is 23.0 Å². The highest BCUT2D eigenvalue weighted by Gasteiger charge is 2.23. The molecule has 128 valence electrons. The van der Waals surface area contributed by atoms with Gasteiger partial charge < -0.3 is 15.0 Å². The van der Waals surface area contributed by atoms with E-state index in [4.69, 9.17) is 16.3 Å². The third-order valence-electron chi connectivity index (χ3n) is 3.92. The van der Waals surface area contributed by atoms with Gasteiger partial charge in [0.25, 0.3) is 5.91 Å². The van der Waals surface area contributed by atoms with Crippen LogP contribution in [-0.2, 0) is 11.3 Å². The van der Waals surface area contributed by atoms with E-state index in [9.17, 15) is 9.18 Å². The van der Waals surface area contributed by atoms with Gasteiger partial charge in [0.1, 0.15) is 18.1 Å². The van der Waals surface area contributed by atoms with Crippen LogP contribution in [0, 0.1) is 5.82 Å². The first-order valence-corrected chi connectivity index (χ1v) is 7.99. The molecule has 0 saturated heterocycles. The van der Waals surface area contributed by atoms with Gasteiger partial charge in [0.15, 0.2) is 6.04 Å². The summed E-state index contributed by atoms with van der Waals surface area (Å²) in [6, 6.07) is 11.1. The minimum Gasteiger partial charge on any atom is -0.495 e. The molecule has 4 nitrogen and oxygen atoms in total. The van der Waals surface area contributed by atoms with Gasteiger partial charge in [-0.3, -0.25) is 4.79 Å². The maximum Gasteiger partial charge on any atom is 0.282 e. The lowest BCUT2D eigenvalue weighted by Crippen LogP contribution is -3.12. The molecule has 0 saturated carbocycles. The SMILES string of the molecule is COc1ccc(Cl)cc1NC(=O)[C@H](C)[NH+](C)Cc1cccc(F)c1. The van der Waals surface area contributed by atoms with Crippen LogP contribution < -0.4 is 15.0 Å². The first-order chi connectivity index (χ1) is 11.4. The molecule has 0 aliphatic heterocycles. The average Bonchev–Trinajstić information content (AvgIpc) is 2.54. The standard InChI is InChI=1S/C18H20ClFN2O2/c1-12(22(2)11-13-5-4-6-15(20)9-13)18(23)21-16-10-14(19)7-8-17(16)24-3/h4-10,12H,11H2,1-3H3,(H,21,23)/p+1/t12-/m0/s1. The van der Waals surface area contributed by atoms with Gasteiger partial charge in [-0.05, 0) is 37.3 Å². The van der Waals surface area contributed by atoms with Crippen LogP contribution in [0.3, 0.4) is 0 Å². The summed E-state index contributed by atoms with van der Waals surface area (Å²) >= 11 is 5.97. The number of halogens is 2. The molecule has 2 aromatic carbocycles. The van der Waals surface area contributed by atoms with Crippen molar-refractivity contribution in [3.05, 3.63) is 58.9 Å². The molecule has 0 radical (unpaired) electrons. The zero-order valence-corrected chi connectivity index (χ0v) is 14.7. The maximum atomic E-state index is 13.3. The molecule has 2 N–H and O–H groups in total. The topological polar surface area (TPSA) is 42.8 Å². The first-order valence-electron chi connectivity index (χ1n) is 7.62. The number of quaternary nitrogens is 1. The fraction of sp³-hybridized carbons (Fsp3) is 0.278. The van der Waals surface area contributed by atoms with Crippen molar-refractivity contribution in [2.75, 3.05) is 19.5 Å². The Labute approximate surface area is 146 Å². The molecule has 0 heterocycles. The Balaban J connectivity index is 2.05. The van der Waals surface area contributed by atoms with Crippen LogP contribution in [0.2, 0.25) is 5.02 Å². The highest BCUT2D eigenvalue weighted by atomic mass is 35.5. The molecule has 0 spiro atoms. The monoisotopic (exact) mass is 351 g/mol. The van der Waals surface area contributed by atoms with Gasteiger partial charge >= 0.3 is 0 Å². The summed E-state index contributed by atoms with van der Waals surface area (Å²) in [5.41, 5.74) is 1.37. The van der Waals surface area contributed by atoms with E-state index in [1.807, 2.05) is 20.0 Å². The second-order valence-electron chi connectivity index (χ2n) is 5.71. The third kappa shape index (κ3) is 4.69. The summed E-state index contributed by atoms with van der Waals surface area (Å²) in [4.78, 5) is 13.4. The van der Waals surface area contributed by atoms with Crippen molar-refractivity contribution in [2.24, 2.45) is 0 Å². The van der Waals surface area contributed by atoms with E-state index in [0.717, 1.165) is 10.5 Å². The molecule has 0 aromatic heterocycles. The third-order valence-corrected chi connectivity index (χ3v) is 4.16. The molecule has 2 rings (SSSR count). The van der Waals surface area contributed by atoms with Gasteiger partial charge in [-0.2, -0.15) is 0 Å². The number of amides is 1. The lowest BCUT2D eigenvalue weighted by molar-refractivity contribution is -0.907. The number of likely N-dealkylation sites (N-methyl/N-ethyl adjacent to an activating group) is 1. The Bertz CT molecular complexity index is 724. The van der Waals surface area contributed by atoms with Crippen molar-refractivity contribution >= 4 is 23.2 Å². The second kappa shape index (κ2) is 8.13. The zero-order chi connectivity index (χ0) is 17.7. The molecular weight excluding hydrogens is 331 g/mol. The van der Waals surface area contributed by atoms with Crippen molar-refractivity contribution in [3.63, 3.8) is 0 Å². The Kier molecular flexibility index (Phi) is 6.17. The highest BCUT2D eigenvalue weighted by Crippen LogP contribution is 2.27. The fourth-order valence-corrected chi connectivity index (χ4v) is 2.54. The summed E-state index contributed by atoms with van der Waals surface area (Å²) in [7, 11) is 3.42. The van der Waals surface area contributed by atoms with Gasteiger partial charge in [-0.1, -0.05) is 23.7 Å². The quantitative estimate of drug-likeness (QED) is 0.840. The highest BCUT2D eigenvalue weighted by molar-refractivity contribution is 6.31. The van der Waals surface area contributed by atoms with Gasteiger partial charge in [0, 0.05) is 10.6 Å². The lowest BCUT2D eigenvalue weighted by atomic mass is 10.1. The molecule has 24 heavy (non-hydrogen) atoms. The molecule has 0 fully saturated rings. The molecule has 1 unspecified atom stereocenters. The van der Waals surface area contributed by atoms with Crippen molar-refractivity contribution in [3.8, 4) is 5.75 Å². The number of carbonyl (C=O) groups excluding carboxylic acids is 1. The molecule has 6 heteroatoms. The number of ether oxygens (including phenoxy) is 1. The van der Waals surface area contributed by atoms with E-state index in [1.54, 1.807) is 24.3 Å². The number of hydrogen-bond acceptors (Lipinski definition) is 2. The summed E-state index contributed by atoms with van der Waals surface area (Å²) in [5.74, 6) is 0.105. The molecule has 2 aromatic rings. The molecule has 2 atom stereocenters. The first kappa shape index (κ1) is 18.2. The summed E-state index contributed by atoms with van der Waals surface area (Å²) in [5, 5.41) is 3.35. The van der Waals surface area contributed by atoms with Crippen LogP contribution in [0.4, 0.5) is 10.1 Å². The van der Waals surface area contributed by atoms with E-state index in [-0.39, 0.29) is 17.8 Å². The van der Waals surface area contributed by atoms with Gasteiger partial charge in [0.2, 0.25) is 0 Å². The minimum atomic E-state index is -0.336. The van der Waals surface area contributed by atoms with Crippen molar-refractivity contribution in [1.82, 2.24) is 0 Å². The molecule has 0 aliphatic carbocycles. The molecule has 0 aliphatic rings. The smallest absolute Gasteiger partial charge is 0.282 e. The van der Waals surface area contributed by atoms with Gasteiger partial charge in [-0.25, -0.2) is 4.39 Å². The summed E-state index contributed by atoms with van der Waals surface area (Å²) in [6.07, 6.45) is 0. The Hall–Kier alpha value is -2.11. The van der Waals surface area contributed by atoms with Crippen LogP contribution in [0.25, 0.3) is 0 Å². The summed E-state index contributed by atoms with van der Waals surface area (Å²) < 4.78 is 18.5. The number of rotatable bonds is 6. The Morgan fingerprint density at radius 1 is 1.33 bits per heavy atom. The average molecular weight is 352 g/mol. The Morgan fingerprint density at radius 3 is 2.75 bits per heavy atom. The second-order valence-corrected chi connectivity index (χ2v) is 6.15. The molecule has 0 bridgehead atoms. The van der Waals surface area contributed by atoms with Crippen molar-refractivity contribution < 1.29 is 18.8 Å². The lowest BCUT2D eigenvalue weighted by Gasteiger charge is -2.21. The van der Waals surface area contributed by atoms with E-state index in [2.05, 4.69) is 5.32 Å². The number of benzene rings is 2. The Morgan fingerprint density at radius 2 is 2.08 bits per heavy atom. The maximum absolute atomic E-state index is 13.3. The predicted octanol–water partition coefficient (Wildman–Crippen LogP) is 2.53. The van der Waals surface area contributed by atoms with Crippen LogP contribution in [0.15, 0.2) is 42.5 Å². The number of hydrogen-bond donors (Lipinski definition) is 2.